The fraction of sp³-hybridized carbons (Fsp3) is 0.211. The zero-order valence-electron chi connectivity index (χ0n) is 13.5. The predicted molar refractivity (Wildman–Crippen MR) is 97.2 cm³/mol. The van der Waals surface area contributed by atoms with E-state index in [0.717, 1.165) is 34.5 Å². The first-order chi connectivity index (χ1) is 12.2. The van der Waals surface area contributed by atoms with Crippen LogP contribution in [-0.2, 0) is 4.79 Å². The van der Waals surface area contributed by atoms with Crippen LogP contribution < -0.4 is 5.32 Å². The van der Waals surface area contributed by atoms with E-state index in [0.29, 0.717) is 18.0 Å². The SMILES string of the molecule is O=C1CCC(c2[nH]nc(-c3ccc(Cl)cc3)c2-c2ccncc2)CN1. The maximum atomic E-state index is 11.5. The van der Waals surface area contributed by atoms with Crippen LogP contribution in [0.2, 0.25) is 5.02 Å². The summed E-state index contributed by atoms with van der Waals surface area (Å²) in [6, 6.07) is 11.6. The Morgan fingerprint density at radius 3 is 2.48 bits per heavy atom. The summed E-state index contributed by atoms with van der Waals surface area (Å²) >= 11 is 6.02. The number of pyridine rings is 1. The molecule has 2 aromatic heterocycles. The molecule has 1 aromatic carbocycles. The van der Waals surface area contributed by atoms with Crippen molar-refractivity contribution in [1.82, 2.24) is 20.5 Å². The van der Waals surface area contributed by atoms with Crippen LogP contribution in [0.3, 0.4) is 0 Å². The van der Waals surface area contributed by atoms with E-state index >= 15 is 0 Å². The average Bonchev–Trinajstić information content (AvgIpc) is 3.09. The molecular formula is C19H17ClN4O. The van der Waals surface area contributed by atoms with E-state index in [1.807, 2.05) is 36.4 Å². The van der Waals surface area contributed by atoms with Crippen molar-refractivity contribution in [2.24, 2.45) is 0 Å². The first-order valence-corrected chi connectivity index (χ1v) is 8.61. The van der Waals surface area contributed by atoms with Crippen molar-refractivity contribution in [1.29, 1.82) is 0 Å². The highest BCUT2D eigenvalue weighted by Gasteiger charge is 2.26. The van der Waals surface area contributed by atoms with Crippen LogP contribution in [0.5, 0.6) is 0 Å². The van der Waals surface area contributed by atoms with Crippen LogP contribution in [0, 0.1) is 0 Å². The van der Waals surface area contributed by atoms with E-state index in [9.17, 15) is 4.79 Å². The molecule has 0 radical (unpaired) electrons. The van der Waals surface area contributed by atoms with Gasteiger partial charge in [0, 0.05) is 53.1 Å². The van der Waals surface area contributed by atoms with Gasteiger partial charge in [0.25, 0.3) is 0 Å². The summed E-state index contributed by atoms with van der Waals surface area (Å²) in [6.45, 7) is 0.624. The van der Waals surface area contributed by atoms with Gasteiger partial charge in [-0.1, -0.05) is 23.7 Å². The number of carbonyl (C=O) groups excluding carboxylic acids is 1. The molecular weight excluding hydrogens is 336 g/mol. The maximum absolute atomic E-state index is 11.5. The highest BCUT2D eigenvalue weighted by molar-refractivity contribution is 6.30. The Kier molecular flexibility index (Phi) is 4.24. The standard InChI is InChI=1S/C19H17ClN4O/c20-15-4-1-13(2-5-15)18-17(12-7-9-21-10-8-12)19(24-23-18)14-3-6-16(25)22-11-14/h1-2,4-5,7-10,14H,3,6,11H2,(H,22,25)(H,23,24). The second-order valence-electron chi connectivity index (χ2n) is 6.14. The van der Waals surface area contributed by atoms with Gasteiger partial charge >= 0.3 is 0 Å². The van der Waals surface area contributed by atoms with E-state index in [1.54, 1.807) is 12.4 Å². The first kappa shape index (κ1) is 15.8. The van der Waals surface area contributed by atoms with Gasteiger partial charge in [0.2, 0.25) is 5.91 Å². The Balaban J connectivity index is 1.82. The number of rotatable bonds is 3. The number of benzene rings is 1. The highest BCUT2D eigenvalue weighted by atomic mass is 35.5. The fourth-order valence-corrected chi connectivity index (χ4v) is 3.38. The molecule has 1 unspecified atom stereocenters. The molecule has 1 saturated heterocycles. The highest BCUT2D eigenvalue weighted by Crippen LogP contribution is 2.38. The molecule has 126 valence electrons. The summed E-state index contributed by atoms with van der Waals surface area (Å²) in [5.41, 5.74) is 5.05. The van der Waals surface area contributed by atoms with Gasteiger partial charge in [-0.05, 0) is 36.2 Å². The number of hydrogen-bond donors (Lipinski definition) is 2. The summed E-state index contributed by atoms with van der Waals surface area (Å²) in [4.78, 5) is 15.6. The number of aromatic amines is 1. The van der Waals surface area contributed by atoms with Gasteiger partial charge in [-0.15, -0.1) is 0 Å². The number of nitrogens with one attached hydrogen (secondary N) is 2. The van der Waals surface area contributed by atoms with Crippen molar-refractivity contribution >= 4 is 17.5 Å². The molecule has 6 heteroatoms. The zero-order chi connectivity index (χ0) is 17.2. The molecule has 3 aromatic rings. The van der Waals surface area contributed by atoms with E-state index in [1.165, 1.54) is 0 Å². The second-order valence-corrected chi connectivity index (χ2v) is 6.58. The van der Waals surface area contributed by atoms with Crippen LogP contribution in [0.1, 0.15) is 24.5 Å². The quantitative estimate of drug-likeness (QED) is 0.753. The molecule has 1 amide bonds. The number of halogens is 1. The van der Waals surface area contributed by atoms with Crippen molar-refractivity contribution in [3.05, 3.63) is 59.5 Å². The summed E-state index contributed by atoms with van der Waals surface area (Å²) in [5, 5.41) is 11.4. The van der Waals surface area contributed by atoms with Crippen LogP contribution in [-0.4, -0.2) is 27.6 Å². The molecule has 0 aliphatic carbocycles. The lowest BCUT2D eigenvalue weighted by Gasteiger charge is -2.22. The van der Waals surface area contributed by atoms with E-state index in [-0.39, 0.29) is 11.8 Å². The number of piperidine rings is 1. The molecule has 5 nitrogen and oxygen atoms in total. The third kappa shape index (κ3) is 3.15. The summed E-state index contributed by atoms with van der Waals surface area (Å²) in [6.07, 6.45) is 4.91. The summed E-state index contributed by atoms with van der Waals surface area (Å²) in [7, 11) is 0. The van der Waals surface area contributed by atoms with E-state index < -0.39 is 0 Å². The third-order valence-electron chi connectivity index (χ3n) is 4.55. The predicted octanol–water partition coefficient (Wildman–Crippen LogP) is 3.79. The Hall–Kier alpha value is -2.66. The normalized spacial score (nSPS) is 17.3. The molecule has 3 heterocycles. The lowest BCUT2D eigenvalue weighted by atomic mass is 9.89. The van der Waals surface area contributed by atoms with Crippen LogP contribution in [0.15, 0.2) is 48.8 Å². The number of carbonyl (C=O) groups is 1. The number of H-pyrrole nitrogens is 1. The van der Waals surface area contributed by atoms with Crippen molar-refractivity contribution in [3.8, 4) is 22.4 Å². The molecule has 0 spiro atoms. The minimum Gasteiger partial charge on any atom is -0.355 e. The molecule has 1 aliphatic heterocycles. The van der Waals surface area contributed by atoms with Crippen molar-refractivity contribution < 1.29 is 4.79 Å². The molecule has 25 heavy (non-hydrogen) atoms. The number of aromatic nitrogens is 3. The summed E-state index contributed by atoms with van der Waals surface area (Å²) in [5.74, 6) is 0.327. The van der Waals surface area contributed by atoms with Crippen LogP contribution >= 0.6 is 11.6 Å². The largest absolute Gasteiger partial charge is 0.355 e. The smallest absolute Gasteiger partial charge is 0.220 e. The molecule has 1 atom stereocenters. The zero-order valence-corrected chi connectivity index (χ0v) is 14.3. The molecule has 1 fully saturated rings. The van der Waals surface area contributed by atoms with Crippen molar-refractivity contribution in [2.75, 3.05) is 6.54 Å². The first-order valence-electron chi connectivity index (χ1n) is 8.23. The van der Waals surface area contributed by atoms with Gasteiger partial charge < -0.3 is 5.32 Å². The molecule has 0 saturated carbocycles. The number of nitrogens with zero attached hydrogens (tertiary/aromatic N) is 2. The Labute approximate surface area is 150 Å². The number of amides is 1. The van der Waals surface area contributed by atoms with Crippen LogP contribution in [0.4, 0.5) is 0 Å². The van der Waals surface area contributed by atoms with Gasteiger partial charge in [0.15, 0.2) is 0 Å². The van der Waals surface area contributed by atoms with E-state index in [4.69, 9.17) is 11.6 Å². The minimum absolute atomic E-state index is 0.110. The van der Waals surface area contributed by atoms with Gasteiger partial charge in [0.1, 0.15) is 5.69 Å². The monoisotopic (exact) mass is 352 g/mol. The third-order valence-corrected chi connectivity index (χ3v) is 4.81. The van der Waals surface area contributed by atoms with Gasteiger partial charge in [-0.25, -0.2) is 0 Å². The lowest BCUT2D eigenvalue weighted by Crippen LogP contribution is -2.34. The van der Waals surface area contributed by atoms with Gasteiger partial charge in [-0.2, -0.15) is 5.10 Å². The topological polar surface area (TPSA) is 70.7 Å². The second kappa shape index (κ2) is 6.69. The maximum Gasteiger partial charge on any atom is 0.220 e. The molecule has 2 N–H and O–H groups in total. The van der Waals surface area contributed by atoms with E-state index in [2.05, 4.69) is 20.5 Å². The minimum atomic E-state index is 0.110. The molecule has 4 rings (SSSR count). The van der Waals surface area contributed by atoms with Gasteiger partial charge in [0.05, 0.1) is 0 Å². The Bertz CT molecular complexity index is 880. The van der Waals surface area contributed by atoms with Crippen LogP contribution in [0.25, 0.3) is 22.4 Å². The van der Waals surface area contributed by atoms with Crippen molar-refractivity contribution in [2.45, 2.75) is 18.8 Å². The fourth-order valence-electron chi connectivity index (χ4n) is 3.26. The molecule has 1 aliphatic rings. The Morgan fingerprint density at radius 1 is 1.04 bits per heavy atom. The van der Waals surface area contributed by atoms with Crippen molar-refractivity contribution in [3.63, 3.8) is 0 Å². The lowest BCUT2D eigenvalue weighted by molar-refractivity contribution is -0.122. The Morgan fingerprint density at radius 2 is 1.80 bits per heavy atom. The number of hydrogen-bond acceptors (Lipinski definition) is 3. The average molecular weight is 353 g/mol. The molecule has 0 bridgehead atoms. The summed E-state index contributed by atoms with van der Waals surface area (Å²) < 4.78 is 0. The van der Waals surface area contributed by atoms with Gasteiger partial charge in [-0.3, -0.25) is 14.9 Å².